The monoisotopic (exact) mass is 357 g/mol. The van der Waals surface area contributed by atoms with Crippen molar-refractivity contribution >= 4 is 15.8 Å². The Morgan fingerprint density at radius 3 is 2.38 bits per heavy atom. The third-order valence-corrected chi connectivity index (χ3v) is 8.31. The Labute approximate surface area is 148 Å². The summed E-state index contributed by atoms with van der Waals surface area (Å²) in [5, 5.41) is 6.68. The predicted molar refractivity (Wildman–Crippen MR) is 101 cm³/mol. The van der Waals surface area contributed by atoms with Crippen molar-refractivity contribution in [3.05, 3.63) is 0 Å². The topological polar surface area (TPSA) is 70.6 Å². The minimum absolute atomic E-state index is 0.132. The minimum Gasteiger partial charge on any atom is -0.355 e. The standard InChI is InChI=1S/C18H35N3O2S/c1-18(2,3)24(22,23)12-11-20-17(19-4)21-16-10-9-14-7-5-6-8-15(14)13-16/h14-16H,5-13H2,1-4H3,(H2,19,20,21). The average Bonchev–Trinajstić information content (AvgIpc) is 2.52. The second kappa shape index (κ2) is 8.07. The first kappa shape index (κ1) is 19.5. The molecular formula is C18H35N3O2S. The van der Waals surface area contributed by atoms with E-state index >= 15 is 0 Å². The van der Waals surface area contributed by atoms with E-state index in [2.05, 4.69) is 15.6 Å². The van der Waals surface area contributed by atoms with Gasteiger partial charge in [0, 0.05) is 19.6 Å². The summed E-state index contributed by atoms with van der Waals surface area (Å²) >= 11 is 0. The molecule has 0 heterocycles. The molecular weight excluding hydrogens is 322 g/mol. The van der Waals surface area contributed by atoms with Gasteiger partial charge in [-0.05, 0) is 51.9 Å². The molecule has 6 heteroatoms. The van der Waals surface area contributed by atoms with Crippen molar-refractivity contribution in [2.24, 2.45) is 16.8 Å². The van der Waals surface area contributed by atoms with Crippen molar-refractivity contribution in [2.75, 3.05) is 19.3 Å². The summed E-state index contributed by atoms with van der Waals surface area (Å²) in [6.07, 6.45) is 9.32. The van der Waals surface area contributed by atoms with Gasteiger partial charge in [0.1, 0.15) is 0 Å². The van der Waals surface area contributed by atoms with Crippen LogP contribution in [0.15, 0.2) is 4.99 Å². The van der Waals surface area contributed by atoms with Crippen molar-refractivity contribution in [1.82, 2.24) is 10.6 Å². The van der Waals surface area contributed by atoms with Crippen LogP contribution >= 0.6 is 0 Å². The van der Waals surface area contributed by atoms with Gasteiger partial charge in [0.15, 0.2) is 15.8 Å². The molecule has 2 aliphatic rings. The molecule has 3 atom stereocenters. The van der Waals surface area contributed by atoms with E-state index in [0.717, 1.165) is 17.8 Å². The van der Waals surface area contributed by atoms with E-state index in [1.165, 1.54) is 44.9 Å². The molecule has 3 unspecified atom stereocenters. The third kappa shape index (κ3) is 5.11. The molecule has 2 fully saturated rings. The molecule has 2 rings (SSSR count). The van der Waals surface area contributed by atoms with Gasteiger partial charge in [-0.15, -0.1) is 0 Å². The summed E-state index contributed by atoms with van der Waals surface area (Å²) in [6.45, 7) is 5.64. The molecule has 0 radical (unpaired) electrons. The molecule has 2 N–H and O–H groups in total. The van der Waals surface area contributed by atoms with Gasteiger partial charge in [-0.25, -0.2) is 8.42 Å². The van der Waals surface area contributed by atoms with Crippen LogP contribution in [0, 0.1) is 11.8 Å². The molecule has 0 aliphatic heterocycles. The first-order chi connectivity index (χ1) is 11.2. The van der Waals surface area contributed by atoms with Gasteiger partial charge in [-0.2, -0.15) is 0 Å². The molecule has 0 saturated heterocycles. The Morgan fingerprint density at radius 1 is 1.08 bits per heavy atom. The zero-order valence-electron chi connectivity index (χ0n) is 15.8. The molecule has 0 amide bonds. The maximum Gasteiger partial charge on any atom is 0.191 e. The van der Waals surface area contributed by atoms with Crippen molar-refractivity contribution < 1.29 is 8.42 Å². The van der Waals surface area contributed by atoms with Crippen LogP contribution in [0.25, 0.3) is 0 Å². The fourth-order valence-electron chi connectivity index (χ4n) is 4.00. The van der Waals surface area contributed by atoms with Crippen molar-refractivity contribution in [3.63, 3.8) is 0 Å². The van der Waals surface area contributed by atoms with Crippen molar-refractivity contribution in [3.8, 4) is 0 Å². The first-order valence-electron chi connectivity index (χ1n) is 9.42. The number of rotatable bonds is 4. The summed E-state index contributed by atoms with van der Waals surface area (Å²) < 4.78 is 23.6. The number of hydrogen-bond acceptors (Lipinski definition) is 3. The van der Waals surface area contributed by atoms with E-state index in [9.17, 15) is 8.42 Å². The lowest BCUT2D eigenvalue weighted by Gasteiger charge is -2.39. The maximum atomic E-state index is 12.2. The molecule has 2 saturated carbocycles. The Kier molecular flexibility index (Phi) is 6.57. The zero-order valence-corrected chi connectivity index (χ0v) is 16.6. The lowest BCUT2D eigenvalue weighted by Crippen LogP contribution is -2.48. The van der Waals surface area contributed by atoms with Crippen LogP contribution in [0.1, 0.15) is 65.7 Å². The van der Waals surface area contributed by atoms with Gasteiger partial charge in [0.2, 0.25) is 0 Å². The van der Waals surface area contributed by atoms with E-state index in [-0.39, 0.29) is 5.75 Å². The van der Waals surface area contributed by atoms with Gasteiger partial charge in [0.05, 0.1) is 10.5 Å². The number of nitrogens with zero attached hydrogens (tertiary/aromatic N) is 1. The molecule has 0 aromatic carbocycles. The predicted octanol–water partition coefficient (Wildman–Crippen LogP) is 2.72. The van der Waals surface area contributed by atoms with E-state index in [1.807, 2.05) is 0 Å². The third-order valence-electron chi connectivity index (χ3n) is 5.70. The van der Waals surface area contributed by atoms with E-state index in [0.29, 0.717) is 12.6 Å². The van der Waals surface area contributed by atoms with Gasteiger partial charge in [-0.1, -0.05) is 25.7 Å². The fourth-order valence-corrected chi connectivity index (χ4v) is 4.99. The molecule has 0 spiro atoms. The van der Waals surface area contributed by atoms with Crippen LogP contribution in [0.4, 0.5) is 0 Å². The summed E-state index contributed by atoms with van der Waals surface area (Å²) in [5.74, 6) is 2.67. The number of sulfone groups is 1. The Bertz CT molecular complexity index is 537. The van der Waals surface area contributed by atoms with Crippen LogP contribution < -0.4 is 10.6 Å². The second-order valence-corrected chi connectivity index (χ2v) is 11.3. The minimum atomic E-state index is -3.10. The van der Waals surface area contributed by atoms with Crippen LogP contribution in [-0.2, 0) is 9.84 Å². The highest BCUT2D eigenvalue weighted by Gasteiger charge is 2.32. The Morgan fingerprint density at radius 2 is 1.75 bits per heavy atom. The average molecular weight is 358 g/mol. The lowest BCUT2D eigenvalue weighted by atomic mass is 9.69. The molecule has 24 heavy (non-hydrogen) atoms. The van der Waals surface area contributed by atoms with Gasteiger partial charge in [0.25, 0.3) is 0 Å². The van der Waals surface area contributed by atoms with Crippen LogP contribution in [-0.4, -0.2) is 44.5 Å². The molecule has 0 aromatic heterocycles. The van der Waals surface area contributed by atoms with Crippen LogP contribution in [0.3, 0.4) is 0 Å². The number of nitrogens with one attached hydrogen (secondary N) is 2. The lowest BCUT2D eigenvalue weighted by molar-refractivity contribution is 0.150. The maximum absolute atomic E-state index is 12.2. The molecule has 0 bridgehead atoms. The summed E-state index contributed by atoms with van der Waals surface area (Å²) in [6, 6.07) is 0.467. The van der Waals surface area contributed by atoms with Gasteiger partial charge >= 0.3 is 0 Å². The van der Waals surface area contributed by atoms with Crippen molar-refractivity contribution in [1.29, 1.82) is 0 Å². The number of guanidine groups is 1. The Hall–Kier alpha value is -0.780. The van der Waals surface area contributed by atoms with Gasteiger partial charge < -0.3 is 10.6 Å². The largest absolute Gasteiger partial charge is 0.355 e. The summed E-state index contributed by atoms with van der Waals surface area (Å²) in [4.78, 5) is 4.27. The second-order valence-electron chi connectivity index (χ2n) is 8.39. The summed E-state index contributed by atoms with van der Waals surface area (Å²) in [7, 11) is -1.35. The first-order valence-corrected chi connectivity index (χ1v) is 11.1. The number of hydrogen-bond donors (Lipinski definition) is 2. The summed E-state index contributed by atoms with van der Waals surface area (Å²) in [5.41, 5.74) is 0. The van der Waals surface area contributed by atoms with E-state index in [4.69, 9.17) is 0 Å². The SMILES string of the molecule is CN=C(NCCS(=O)(=O)C(C)(C)C)NC1CCC2CCCCC2C1. The zero-order chi connectivity index (χ0) is 17.8. The molecule has 5 nitrogen and oxygen atoms in total. The number of fused-ring (bicyclic) bond motifs is 1. The van der Waals surface area contributed by atoms with Crippen molar-refractivity contribution in [2.45, 2.75) is 76.5 Å². The highest BCUT2D eigenvalue weighted by atomic mass is 32.2. The molecule has 2 aliphatic carbocycles. The Balaban J connectivity index is 1.79. The normalized spacial score (nSPS) is 29.0. The van der Waals surface area contributed by atoms with E-state index in [1.54, 1.807) is 27.8 Å². The highest BCUT2D eigenvalue weighted by Crippen LogP contribution is 2.40. The van der Waals surface area contributed by atoms with Crippen LogP contribution in [0.5, 0.6) is 0 Å². The highest BCUT2D eigenvalue weighted by molar-refractivity contribution is 7.92. The number of aliphatic imine (C=N–C) groups is 1. The van der Waals surface area contributed by atoms with Gasteiger partial charge in [-0.3, -0.25) is 4.99 Å². The molecule has 140 valence electrons. The fraction of sp³-hybridized carbons (Fsp3) is 0.944. The van der Waals surface area contributed by atoms with E-state index < -0.39 is 14.6 Å². The van der Waals surface area contributed by atoms with Crippen LogP contribution in [0.2, 0.25) is 0 Å². The quantitative estimate of drug-likeness (QED) is 0.599. The smallest absolute Gasteiger partial charge is 0.191 e. The molecule has 0 aromatic rings.